The summed E-state index contributed by atoms with van der Waals surface area (Å²) in [6.07, 6.45) is 3.57. The molecule has 1 saturated heterocycles. The first kappa shape index (κ1) is 14.8. The van der Waals surface area contributed by atoms with Crippen molar-refractivity contribution in [3.8, 4) is 0 Å². The highest BCUT2D eigenvalue weighted by atomic mass is 16.5. The van der Waals surface area contributed by atoms with Crippen LogP contribution in [0, 0.1) is 0 Å². The van der Waals surface area contributed by atoms with Gasteiger partial charge in [-0.2, -0.15) is 5.10 Å². The van der Waals surface area contributed by atoms with Crippen LogP contribution in [0.3, 0.4) is 0 Å². The normalized spacial score (nSPS) is 18.4. The largest absolute Gasteiger partial charge is 0.359 e. The molecule has 1 amide bonds. The van der Waals surface area contributed by atoms with E-state index in [1.165, 1.54) is 0 Å². The van der Waals surface area contributed by atoms with E-state index < -0.39 is 0 Å². The molecule has 118 valence electrons. The molecule has 6 nitrogen and oxygen atoms in total. The van der Waals surface area contributed by atoms with Gasteiger partial charge in [-0.15, -0.1) is 0 Å². The SMILES string of the molecule is CCn1nccc1C(=O)N1CCC[C@H]1c1cc(C(C)C)no1. The molecule has 0 spiro atoms. The predicted molar refractivity (Wildman–Crippen MR) is 81.5 cm³/mol. The van der Waals surface area contributed by atoms with Crippen LogP contribution in [0.5, 0.6) is 0 Å². The second kappa shape index (κ2) is 5.94. The van der Waals surface area contributed by atoms with Crippen molar-refractivity contribution in [1.82, 2.24) is 19.8 Å². The van der Waals surface area contributed by atoms with E-state index >= 15 is 0 Å². The van der Waals surface area contributed by atoms with Crippen molar-refractivity contribution in [3.63, 3.8) is 0 Å². The summed E-state index contributed by atoms with van der Waals surface area (Å²) in [7, 11) is 0. The minimum atomic E-state index is -0.0206. The molecule has 22 heavy (non-hydrogen) atoms. The first-order chi connectivity index (χ1) is 10.6. The molecule has 1 atom stereocenters. The van der Waals surface area contributed by atoms with Gasteiger partial charge in [-0.25, -0.2) is 0 Å². The van der Waals surface area contributed by atoms with E-state index in [0.29, 0.717) is 18.2 Å². The average Bonchev–Trinajstić information content (AvgIpc) is 3.23. The molecular weight excluding hydrogens is 280 g/mol. The van der Waals surface area contributed by atoms with E-state index in [1.807, 2.05) is 17.9 Å². The van der Waals surface area contributed by atoms with Gasteiger partial charge >= 0.3 is 0 Å². The fraction of sp³-hybridized carbons (Fsp3) is 0.562. The minimum Gasteiger partial charge on any atom is -0.359 e. The second-order valence-electron chi connectivity index (χ2n) is 6.00. The zero-order valence-corrected chi connectivity index (χ0v) is 13.3. The summed E-state index contributed by atoms with van der Waals surface area (Å²) in [5.74, 6) is 1.13. The van der Waals surface area contributed by atoms with Gasteiger partial charge in [0.2, 0.25) is 0 Å². The maximum absolute atomic E-state index is 12.8. The molecule has 0 aliphatic carbocycles. The number of carbonyl (C=O) groups excluding carboxylic acids is 1. The Bertz CT molecular complexity index is 659. The molecule has 0 N–H and O–H groups in total. The van der Waals surface area contributed by atoms with E-state index in [4.69, 9.17) is 4.52 Å². The minimum absolute atomic E-state index is 0.0179. The van der Waals surface area contributed by atoms with E-state index in [1.54, 1.807) is 16.9 Å². The van der Waals surface area contributed by atoms with Crippen LogP contribution in [0.15, 0.2) is 22.9 Å². The lowest BCUT2D eigenvalue weighted by Gasteiger charge is -2.22. The molecule has 2 aromatic rings. The van der Waals surface area contributed by atoms with E-state index in [9.17, 15) is 4.79 Å². The summed E-state index contributed by atoms with van der Waals surface area (Å²) < 4.78 is 7.23. The van der Waals surface area contributed by atoms with Crippen molar-refractivity contribution in [3.05, 3.63) is 35.5 Å². The van der Waals surface area contributed by atoms with Crippen LogP contribution in [-0.4, -0.2) is 32.3 Å². The Morgan fingerprint density at radius 3 is 3.00 bits per heavy atom. The molecule has 0 aromatic carbocycles. The standard InChI is InChI=1S/C16H22N4O2/c1-4-20-14(7-8-17-20)16(21)19-9-5-6-13(19)15-10-12(11(2)3)18-22-15/h7-8,10-11,13H,4-6,9H2,1-3H3/t13-/m0/s1. The van der Waals surface area contributed by atoms with E-state index in [-0.39, 0.29) is 11.9 Å². The van der Waals surface area contributed by atoms with Crippen LogP contribution in [0.1, 0.15) is 67.5 Å². The van der Waals surface area contributed by atoms with Crippen LogP contribution in [-0.2, 0) is 6.54 Å². The quantitative estimate of drug-likeness (QED) is 0.871. The first-order valence-corrected chi connectivity index (χ1v) is 7.91. The average molecular weight is 302 g/mol. The van der Waals surface area contributed by atoms with Gasteiger partial charge in [-0.05, 0) is 31.7 Å². The third-order valence-corrected chi connectivity index (χ3v) is 4.22. The number of hydrogen-bond donors (Lipinski definition) is 0. The Morgan fingerprint density at radius 2 is 2.32 bits per heavy atom. The summed E-state index contributed by atoms with van der Waals surface area (Å²) in [5, 5.41) is 8.31. The maximum Gasteiger partial charge on any atom is 0.272 e. The van der Waals surface area contributed by atoms with Crippen molar-refractivity contribution in [2.75, 3.05) is 6.54 Å². The Balaban J connectivity index is 1.85. The van der Waals surface area contributed by atoms with Crippen molar-refractivity contribution in [2.24, 2.45) is 0 Å². The number of amides is 1. The highest BCUT2D eigenvalue weighted by Gasteiger charge is 2.34. The molecule has 1 aliphatic heterocycles. The van der Waals surface area contributed by atoms with Crippen LogP contribution in [0.4, 0.5) is 0 Å². The van der Waals surface area contributed by atoms with Gasteiger partial charge in [-0.3, -0.25) is 9.48 Å². The first-order valence-electron chi connectivity index (χ1n) is 7.91. The number of hydrogen-bond acceptors (Lipinski definition) is 4. The lowest BCUT2D eigenvalue weighted by atomic mass is 10.1. The highest BCUT2D eigenvalue weighted by Crippen LogP contribution is 2.34. The van der Waals surface area contributed by atoms with Gasteiger partial charge in [0.05, 0.1) is 11.7 Å². The number of carbonyl (C=O) groups is 1. The second-order valence-corrected chi connectivity index (χ2v) is 6.00. The lowest BCUT2D eigenvalue weighted by Crippen LogP contribution is -2.32. The molecule has 0 saturated carbocycles. The van der Waals surface area contributed by atoms with Gasteiger partial charge in [0.25, 0.3) is 5.91 Å². The number of likely N-dealkylation sites (tertiary alicyclic amines) is 1. The summed E-state index contributed by atoms with van der Waals surface area (Å²) in [6.45, 7) is 7.58. The Kier molecular flexibility index (Phi) is 4.00. The fourth-order valence-corrected chi connectivity index (χ4v) is 2.95. The van der Waals surface area contributed by atoms with E-state index in [0.717, 1.165) is 30.8 Å². The summed E-state index contributed by atoms with van der Waals surface area (Å²) >= 11 is 0. The van der Waals surface area contributed by atoms with Crippen LogP contribution in [0.25, 0.3) is 0 Å². The van der Waals surface area contributed by atoms with Crippen LogP contribution in [0.2, 0.25) is 0 Å². The third kappa shape index (κ3) is 2.53. The zero-order chi connectivity index (χ0) is 15.7. The molecule has 1 aliphatic rings. The molecule has 0 bridgehead atoms. The van der Waals surface area contributed by atoms with Crippen molar-refractivity contribution in [1.29, 1.82) is 0 Å². The van der Waals surface area contributed by atoms with Gasteiger partial charge in [0, 0.05) is 25.4 Å². The van der Waals surface area contributed by atoms with Gasteiger partial charge in [0.15, 0.2) is 5.76 Å². The molecule has 0 radical (unpaired) electrons. The molecule has 0 unspecified atom stereocenters. The van der Waals surface area contributed by atoms with Crippen molar-refractivity contribution < 1.29 is 9.32 Å². The Labute approximate surface area is 130 Å². The molecular formula is C16H22N4O2. The van der Waals surface area contributed by atoms with Crippen molar-refractivity contribution >= 4 is 5.91 Å². The Hall–Kier alpha value is -2.11. The zero-order valence-electron chi connectivity index (χ0n) is 13.3. The number of aryl methyl sites for hydroxylation is 1. The number of rotatable bonds is 4. The number of nitrogens with zero attached hydrogens (tertiary/aromatic N) is 4. The molecule has 2 aromatic heterocycles. The highest BCUT2D eigenvalue weighted by molar-refractivity contribution is 5.93. The predicted octanol–water partition coefficient (Wildman–Crippen LogP) is 2.99. The van der Waals surface area contributed by atoms with Gasteiger partial charge < -0.3 is 9.42 Å². The summed E-state index contributed by atoms with van der Waals surface area (Å²) in [6, 6.07) is 3.74. The maximum atomic E-state index is 12.8. The molecule has 1 fully saturated rings. The lowest BCUT2D eigenvalue weighted by molar-refractivity contribution is 0.0702. The van der Waals surface area contributed by atoms with E-state index in [2.05, 4.69) is 24.1 Å². The van der Waals surface area contributed by atoms with Crippen LogP contribution < -0.4 is 0 Å². The summed E-state index contributed by atoms with van der Waals surface area (Å²) in [4.78, 5) is 14.7. The Morgan fingerprint density at radius 1 is 1.50 bits per heavy atom. The molecule has 3 heterocycles. The summed E-state index contributed by atoms with van der Waals surface area (Å²) in [5.41, 5.74) is 1.57. The smallest absolute Gasteiger partial charge is 0.272 e. The fourth-order valence-electron chi connectivity index (χ4n) is 2.95. The van der Waals surface area contributed by atoms with Crippen molar-refractivity contribution in [2.45, 2.75) is 52.1 Å². The number of aromatic nitrogens is 3. The molecule has 6 heteroatoms. The third-order valence-electron chi connectivity index (χ3n) is 4.22. The molecule has 3 rings (SSSR count). The van der Waals surface area contributed by atoms with Gasteiger partial charge in [-0.1, -0.05) is 19.0 Å². The topological polar surface area (TPSA) is 64.2 Å². The monoisotopic (exact) mass is 302 g/mol. The van der Waals surface area contributed by atoms with Crippen LogP contribution >= 0.6 is 0 Å². The van der Waals surface area contributed by atoms with Gasteiger partial charge in [0.1, 0.15) is 5.69 Å².